The van der Waals surface area contributed by atoms with Crippen LogP contribution in [-0.4, -0.2) is 28.5 Å². The molecule has 1 aromatic carbocycles. The van der Waals surface area contributed by atoms with E-state index in [0.717, 1.165) is 5.56 Å². The van der Waals surface area contributed by atoms with E-state index in [1.165, 1.54) is 0 Å². The van der Waals surface area contributed by atoms with E-state index < -0.39 is 0 Å². The van der Waals surface area contributed by atoms with Crippen molar-refractivity contribution in [3.05, 3.63) is 36.0 Å². The first-order chi connectivity index (χ1) is 8.27. The highest BCUT2D eigenvalue weighted by atomic mass is 16.5. The van der Waals surface area contributed by atoms with Crippen molar-refractivity contribution >= 4 is 0 Å². The Morgan fingerprint density at radius 1 is 1.41 bits per heavy atom. The van der Waals surface area contributed by atoms with Gasteiger partial charge >= 0.3 is 0 Å². The number of hydrogen-bond donors (Lipinski definition) is 2. The van der Waals surface area contributed by atoms with Crippen LogP contribution in [0.2, 0.25) is 0 Å². The molecule has 0 saturated heterocycles. The first-order valence-corrected chi connectivity index (χ1v) is 5.37. The van der Waals surface area contributed by atoms with Crippen LogP contribution in [-0.2, 0) is 6.42 Å². The molecule has 17 heavy (non-hydrogen) atoms. The molecule has 5 nitrogen and oxygen atoms in total. The largest absolute Gasteiger partial charge is 0.506 e. The Balaban J connectivity index is 2.49. The van der Waals surface area contributed by atoms with Crippen molar-refractivity contribution < 1.29 is 9.84 Å². The molecule has 0 unspecified atom stereocenters. The van der Waals surface area contributed by atoms with Gasteiger partial charge in [0.2, 0.25) is 5.88 Å². The molecule has 0 spiro atoms. The molecule has 0 fully saturated rings. The number of ether oxygens (including phenoxy) is 1. The van der Waals surface area contributed by atoms with E-state index in [4.69, 9.17) is 10.5 Å². The van der Waals surface area contributed by atoms with Crippen molar-refractivity contribution in [2.75, 3.05) is 13.7 Å². The van der Waals surface area contributed by atoms with E-state index in [-0.39, 0.29) is 5.75 Å². The zero-order chi connectivity index (χ0) is 12.3. The second-order valence-electron chi connectivity index (χ2n) is 3.62. The number of rotatable bonds is 4. The predicted octanol–water partition coefficient (Wildman–Crippen LogP) is 1.09. The van der Waals surface area contributed by atoms with Gasteiger partial charge in [0.15, 0.2) is 0 Å². The van der Waals surface area contributed by atoms with Gasteiger partial charge in [-0.15, -0.1) is 0 Å². The number of aromatic nitrogens is 2. The molecule has 1 aromatic heterocycles. The highest BCUT2D eigenvalue weighted by molar-refractivity contribution is 5.48. The van der Waals surface area contributed by atoms with Gasteiger partial charge in [-0.25, -0.2) is 0 Å². The first-order valence-electron chi connectivity index (χ1n) is 5.37. The molecule has 0 radical (unpaired) electrons. The van der Waals surface area contributed by atoms with Gasteiger partial charge in [-0.05, 0) is 25.1 Å². The maximum Gasteiger partial charge on any atom is 0.219 e. The van der Waals surface area contributed by atoms with Gasteiger partial charge in [-0.2, -0.15) is 9.78 Å². The molecule has 0 amide bonds. The fourth-order valence-electron chi connectivity index (χ4n) is 1.73. The van der Waals surface area contributed by atoms with Crippen LogP contribution in [0.15, 0.2) is 30.5 Å². The maximum atomic E-state index is 9.78. The Labute approximate surface area is 99.4 Å². The van der Waals surface area contributed by atoms with Gasteiger partial charge < -0.3 is 15.6 Å². The maximum absolute atomic E-state index is 9.78. The number of benzene rings is 1. The number of phenolic OH excluding ortho intramolecular Hbond substituents is 1. The monoisotopic (exact) mass is 233 g/mol. The Morgan fingerprint density at radius 3 is 2.82 bits per heavy atom. The summed E-state index contributed by atoms with van der Waals surface area (Å²) in [4.78, 5) is 0. The predicted molar refractivity (Wildman–Crippen MR) is 64.5 cm³/mol. The Kier molecular flexibility index (Phi) is 3.30. The van der Waals surface area contributed by atoms with E-state index in [0.29, 0.717) is 24.5 Å². The lowest BCUT2D eigenvalue weighted by Crippen LogP contribution is -2.05. The third-order valence-corrected chi connectivity index (χ3v) is 2.51. The van der Waals surface area contributed by atoms with Gasteiger partial charge in [0.05, 0.1) is 13.3 Å². The zero-order valence-corrected chi connectivity index (χ0v) is 9.63. The van der Waals surface area contributed by atoms with Crippen LogP contribution in [0.5, 0.6) is 11.6 Å². The van der Waals surface area contributed by atoms with Gasteiger partial charge in [0.25, 0.3) is 0 Å². The summed E-state index contributed by atoms with van der Waals surface area (Å²) in [6.07, 6.45) is 2.40. The molecule has 5 heteroatoms. The van der Waals surface area contributed by atoms with Crippen molar-refractivity contribution in [3.8, 4) is 17.3 Å². The van der Waals surface area contributed by atoms with E-state index in [1.54, 1.807) is 36.2 Å². The van der Waals surface area contributed by atoms with Gasteiger partial charge in [-0.1, -0.05) is 12.1 Å². The molecule has 1 heterocycles. The second kappa shape index (κ2) is 4.88. The highest BCUT2D eigenvalue weighted by Crippen LogP contribution is 2.27. The number of phenols is 1. The third-order valence-electron chi connectivity index (χ3n) is 2.51. The van der Waals surface area contributed by atoms with Crippen LogP contribution in [0.4, 0.5) is 0 Å². The number of nitrogens with two attached hydrogens (primary N) is 1. The van der Waals surface area contributed by atoms with Gasteiger partial charge in [0.1, 0.15) is 11.4 Å². The number of hydrogen-bond acceptors (Lipinski definition) is 4. The minimum Gasteiger partial charge on any atom is -0.506 e. The number of methoxy groups -OCH3 is 1. The fraction of sp³-hybridized carbons (Fsp3) is 0.250. The molecular formula is C12H15N3O2. The Bertz CT molecular complexity index is 508. The molecule has 0 aliphatic carbocycles. The fourth-order valence-corrected chi connectivity index (χ4v) is 1.73. The first kappa shape index (κ1) is 11.5. The van der Waals surface area contributed by atoms with E-state index in [1.807, 2.05) is 6.07 Å². The van der Waals surface area contributed by atoms with Crippen LogP contribution in [0.3, 0.4) is 0 Å². The average Bonchev–Trinajstić information content (AvgIpc) is 2.73. The number of para-hydroxylation sites is 2. The topological polar surface area (TPSA) is 73.3 Å². The Morgan fingerprint density at radius 2 is 2.18 bits per heavy atom. The molecule has 2 rings (SSSR count). The number of aromatic hydroxyl groups is 1. The third kappa shape index (κ3) is 2.09. The van der Waals surface area contributed by atoms with Crippen molar-refractivity contribution in [1.29, 1.82) is 0 Å². The van der Waals surface area contributed by atoms with E-state index >= 15 is 0 Å². The summed E-state index contributed by atoms with van der Waals surface area (Å²) in [5.74, 6) is 0.769. The van der Waals surface area contributed by atoms with Crippen LogP contribution in [0.1, 0.15) is 5.56 Å². The second-order valence-corrected chi connectivity index (χ2v) is 3.62. The van der Waals surface area contributed by atoms with Crippen molar-refractivity contribution in [2.45, 2.75) is 6.42 Å². The molecule has 3 N–H and O–H groups in total. The van der Waals surface area contributed by atoms with Crippen LogP contribution in [0, 0.1) is 0 Å². The molecule has 0 atom stereocenters. The molecule has 2 aromatic rings. The molecule has 0 aliphatic rings. The molecule has 0 bridgehead atoms. The summed E-state index contributed by atoms with van der Waals surface area (Å²) in [6.45, 7) is 0.531. The van der Waals surface area contributed by atoms with E-state index in [9.17, 15) is 5.11 Å². The Hall–Kier alpha value is -2.01. The quantitative estimate of drug-likeness (QED) is 0.829. The summed E-state index contributed by atoms with van der Waals surface area (Å²) in [6, 6.07) is 6.98. The minimum atomic E-state index is 0.160. The average molecular weight is 233 g/mol. The summed E-state index contributed by atoms with van der Waals surface area (Å²) in [5.41, 5.74) is 7.04. The van der Waals surface area contributed by atoms with Crippen molar-refractivity contribution in [3.63, 3.8) is 0 Å². The van der Waals surface area contributed by atoms with Crippen molar-refractivity contribution in [1.82, 2.24) is 9.78 Å². The lowest BCUT2D eigenvalue weighted by Gasteiger charge is -2.09. The van der Waals surface area contributed by atoms with Gasteiger partial charge in [0, 0.05) is 5.56 Å². The smallest absolute Gasteiger partial charge is 0.219 e. The zero-order valence-electron chi connectivity index (χ0n) is 9.63. The summed E-state index contributed by atoms with van der Waals surface area (Å²) >= 11 is 0. The van der Waals surface area contributed by atoms with Crippen LogP contribution < -0.4 is 10.5 Å². The molecule has 90 valence electrons. The van der Waals surface area contributed by atoms with E-state index in [2.05, 4.69) is 5.10 Å². The lowest BCUT2D eigenvalue weighted by molar-refractivity contribution is 0.376. The summed E-state index contributed by atoms with van der Waals surface area (Å²) < 4.78 is 6.88. The van der Waals surface area contributed by atoms with Crippen LogP contribution in [0.25, 0.3) is 5.69 Å². The van der Waals surface area contributed by atoms with Gasteiger partial charge in [-0.3, -0.25) is 0 Å². The highest BCUT2D eigenvalue weighted by Gasteiger charge is 2.14. The number of nitrogens with zero attached hydrogens (tertiary/aromatic N) is 2. The normalized spacial score (nSPS) is 10.5. The van der Waals surface area contributed by atoms with Crippen LogP contribution >= 0.6 is 0 Å². The standard InChI is InChI=1S/C12H15N3O2/c1-17-12-9(6-7-13)8-14-15(12)10-4-2-3-5-11(10)16/h2-5,8,16H,6-7,13H2,1H3. The molecular weight excluding hydrogens is 218 g/mol. The molecule has 0 aliphatic heterocycles. The lowest BCUT2D eigenvalue weighted by atomic mass is 10.2. The van der Waals surface area contributed by atoms with Crippen molar-refractivity contribution in [2.24, 2.45) is 5.73 Å². The SMILES string of the molecule is COc1c(CCN)cnn1-c1ccccc1O. The summed E-state index contributed by atoms with van der Waals surface area (Å²) in [7, 11) is 1.58. The summed E-state index contributed by atoms with van der Waals surface area (Å²) in [5, 5.41) is 14.0. The minimum absolute atomic E-state index is 0.160. The molecule has 0 saturated carbocycles.